The van der Waals surface area contributed by atoms with Crippen molar-refractivity contribution >= 4 is 18.0 Å². The van der Waals surface area contributed by atoms with E-state index in [1.807, 2.05) is 6.07 Å². The van der Waals surface area contributed by atoms with Crippen LogP contribution in [0.2, 0.25) is 0 Å². The van der Waals surface area contributed by atoms with Crippen LogP contribution in [0.1, 0.15) is 18.1 Å². The number of hydrogen-bond acceptors (Lipinski definition) is 4. The first-order valence-electron chi connectivity index (χ1n) is 5.14. The lowest BCUT2D eigenvalue weighted by Crippen LogP contribution is -2.25. The van der Waals surface area contributed by atoms with Gasteiger partial charge in [0.25, 0.3) is 0 Å². The zero-order chi connectivity index (χ0) is 13.5. The van der Waals surface area contributed by atoms with Gasteiger partial charge in [-0.25, -0.2) is 4.79 Å². The van der Waals surface area contributed by atoms with Gasteiger partial charge in [0.05, 0.1) is 18.7 Å². The normalized spacial score (nSPS) is 10.4. The molecule has 0 fully saturated rings. The Kier molecular flexibility index (Phi) is 4.64. The molecule has 0 heterocycles. The van der Waals surface area contributed by atoms with E-state index in [0.29, 0.717) is 11.1 Å². The molecule has 5 heteroatoms. The standard InChI is InChI=1S/C13H12N2O3/c1-9(16)15-12(13(17)18-2)7-10-3-5-11(8-14)6-4-10/h3-7H,1-2H3,(H,15,16)/b12-7+. The van der Waals surface area contributed by atoms with Gasteiger partial charge in [-0.15, -0.1) is 0 Å². The molecule has 0 spiro atoms. The molecule has 92 valence electrons. The third kappa shape index (κ3) is 3.76. The second-order valence-electron chi connectivity index (χ2n) is 3.46. The lowest BCUT2D eigenvalue weighted by Gasteiger charge is -2.05. The number of methoxy groups -OCH3 is 1. The number of esters is 1. The summed E-state index contributed by atoms with van der Waals surface area (Å²) in [5, 5.41) is 11.0. The molecule has 0 atom stereocenters. The first-order valence-corrected chi connectivity index (χ1v) is 5.14. The van der Waals surface area contributed by atoms with Crippen molar-refractivity contribution in [3.63, 3.8) is 0 Å². The fraction of sp³-hybridized carbons (Fsp3) is 0.154. The van der Waals surface area contributed by atoms with Crippen LogP contribution in [0.3, 0.4) is 0 Å². The Hall–Kier alpha value is -2.61. The minimum absolute atomic E-state index is 0.0507. The van der Waals surface area contributed by atoms with Crippen molar-refractivity contribution in [2.75, 3.05) is 7.11 Å². The summed E-state index contributed by atoms with van der Waals surface area (Å²) in [7, 11) is 1.23. The van der Waals surface area contributed by atoms with E-state index in [2.05, 4.69) is 10.1 Å². The summed E-state index contributed by atoms with van der Waals surface area (Å²) in [6.45, 7) is 1.30. The lowest BCUT2D eigenvalue weighted by molar-refractivity contribution is -0.137. The molecular formula is C13H12N2O3. The molecule has 1 aromatic rings. The molecule has 0 aliphatic carbocycles. The second kappa shape index (κ2) is 6.21. The van der Waals surface area contributed by atoms with Crippen molar-refractivity contribution in [3.05, 3.63) is 41.1 Å². The van der Waals surface area contributed by atoms with Gasteiger partial charge >= 0.3 is 5.97 Å². The Balaban J connectivity index is 3.03. The minimum atomic E-state index is -0.630. The first kappa shape index (κ1) is 13.5. The van der Waals surface area contributed by atoms with Crippen molar-refractivity contribution in [2.45, 2.75) is 6.92 Å². The van der Waals surface area contributed by atoms with E-state index >= 15 is 0 Å². The quantitative estimate of drug-likeness (QED) is 0.640. The van der Waals surface area contributed by atoms with E-state index in [1.54, 1.807) is 24.3 Å². The van der Waals surface area contributed by atoms with Gasteiger partial charge in [-0.05, 0) is 23.8 Å². The summed E-state index contributed by atoms with van der Waals surface area (Å²) in [4.78, 5) is 22.4. The number of amides is 1. The summed E-state index contributed by atoms with van der Waals surface area (Å²) in [6, 6.07) is 8.57. The molecule has 1 aromatic carbocycles. The topological polar surface area (TPSA) is 79.2 Å². The molecule has 0 saturated carbocycles. The van der Waals surface area contributed by atoms with E-state index < -0.39 is 5.97 Å². The Bertz CT molecular complexity index is 524. The lowest BCUT2D eigenvalue weighted by atomic mass is 10.1. The molecule has 0 radical (unpaired) electrons. The van der Waals surface area contributed by atoms with Gasteiger partial charge in [0, 0.05) is 6.92 Å². The van der Waals surface area contributed by atoms with E-state index in [1.165, 1.54) is 20.1 Å². The van der Waals surface area contributed by atoms with Crippen molar-refractivity contribution in [2.24, 2.45) is 0 Å². The molecule has 0 aromatic heterocycles. The van der Waals surface area contributed by atoms with Crippen LogP contribution in [0.15, 0.2) is 30.0 Å². The van der Waals surface area contributed by atoms with Gasteiger partial charge in [-0.2, -0.15) is 5.26 Å². The average molecular weight is 244 g/mol. The smallest absolute Gasteiger partial charge is 0.354 e. The number of hydrogen-bond donors (Lipinski definition) is 1. The molecule has 1 rings (SSSR count). The van der Waals surface area contributed by atoms with E-state index in [9.17, 15) is 9.59 Å². The number of nitriles is 1. The van der Waals surface area contributed by atoms with Gasteiger partial charge in [-0.3, -0.25) is 4.79 Å². The van der Waals surface area contributed by atoms with Crippen LogP contribution in [0.5, 0.6) is 0 Å². The van der Waals surface area contributed by atoms with Gasteiger partial charge in [0.1, 0.15) is 5.70 Å². The van der Waals surface area contributed by atoms with Crippen molar-refractivity contribution < 1.29 is 14.3 Å². The predicted octanol–water partition coefficient (Wildman–Crippen LogP) is 1.21. The van der Waals surface area contributed by atoms with E-state index in [-0.39, 0.29) is 11.6 Å². The van der Waals surface area contributed by atoms with Crippen LogP contribution < -0.4 is 5.32 Å². The highest BCUT2D eigenvalue weighted by molar-refractivity contribution is 5.97. The van der Waals surface area contributed by atoms with Crippen molar-refractivity contribution in [1.82, 2.24) is 5.32 Å². The number of nitrogens with zero attached hydrogens (tertiary/aromatic N) is 1. The number of carbonyl (C=O) groups is 2. The van der Waals surface area contributed by atoms with Crippen molar-refractivity contribution in [3.8, 4) is 6.07 Å². The monoisotopic (exact) mass is 244 g/mol. The summed E-state index contributed by atoms with van der Waals surface area (Å²) in [5.41, 5.74) is 1.25. The van der Waals surface area contributed by atoms with Gasteiger partial charge in [0.15, 0.2) is 0 Å². The number of ether oxygens (including phenoxy) is 1. The maximum Gasteiger partial charge on any atom is 0.354 e. The van der Waals surface area contributed by atoms with Crippen molar-refractivity contribution in [1.29, 1.82) is 5.26 Å². The summed E-state index contributed by atoms with van der Waals surface area (Å²) >= 11 is 0. The number of carbonyl (C=O) groups excluding carboxylic acids is 2. The van der Waals surface area contributed by atoms with Crippen LogP contribution in [-0.4, -0.2) is 19.0 Å². The second-order valence-corrected chi connectivity index (χ2v) is 3.46. The summed E-state index contributed by atoms with van der Waals surface area (Å²) in [5.74, 6) is -0.991. The number of rotatable bonds is 3. The van der Waals surface area contributed by atoms with Crippen LogP contribution in [-0.2, 0) is 14.3 Å². The van der Waals surface area contributed by atoms with Gasteiger partial charge in [-0.1, -0.05) is 12.1 Å². The first-order chi connectivity index (χ1) is 8.56. The maximum atomic E-state index is 11.4. The maximum absolute atomic E-state index is 11.4. The molecule has 0 aliphatic rings. The SMILES string of the molecule is COC(=O)/C(=C\c1ccc(C#N)cc1)NC(C)=O. The number of benzene rings is 1. The Morgan fingerprint density at radius 1 is 1.33 bits per heavy atom. The highest BCUT2D eigenvalue weighted by Gasteiger charge is 2.10. The molecule has 0 bridgehead atoms. The summed E-state index contributed by atoms with van der Waals surface area (Å²) < 4.78 is 4.56. The largest absolute Gasteiger partial charge is 0.464 e. The molecule has 1 amide bonds. The number of nitrogens with one attached hydrogen (secondary N) is 1. The molecule has 0 saturated heterocycles. The van der Waals surface area contributed by atoms with Crippen LogP contribution in [0.4, 0.5) is 0 Å². The average Bonchev–Trinajstić information content (AvgIpc) is 2.37. The molecule has 0 aliphatic heterocycles. The fourth-order valence-electron chi connectivity index (χ4n) is 1.27. The van der Waals surface area contributed by atoms with Gasteiger partial charge < -0.3 is 10.1 Å². The zero-order valence-electron chi connectivity index (χ0n) is 10.1. The third-order valence-electron chi connectivity index (χ3n) is 2.07. The highest BCUT2D eigenvalue weighted by atomic mass is 16.5. The molecule has 0 unspecified atom stereocenters. The van der Waals surface area contributed by atoms with Crippen LogP contribution in [0.25, 0.3) is 6.08 Å². The Morgan fingerprint density at radius 3 is 2.39 bits per heavy atom. The predicted molar refractivity (Wildman–Crippen MR) is 65.0 cm³/mol. The summed E-state index contributed by atoms with van der Waals surface area (Å²) in [6.07, 6.45) is 1.48. The highest BCUT2D eigenvalue weighted by Crippen LogP contribution is 2.08. The fourth-order valence-corrected chi connectivity index (χ4v) is 1.27. The zero-order valence-corrected chi connectivity index (χ0v) is 10.1. The molecular weight excluding hydrogens is 232 g/mol. The molecule has 1 N–H and O–H groups in total. The molecule has 18 heavy (non-hydrogen) atoms. The van der Waals surface area contributed by atoms with Gasteiger partial charge in [0.2, 0.25) is 5.91 Å². The van der Waals surface area contributed by atoms with Crippen LogP contribution in [0, 0.1) is 11.3 Å². The Labute approximate surface area is 105 Å². The minimum Gasteiger partial charge on any atom is -0.464 e. The van der Waals surface area contributed by atoms with E-state index in [4.69, 9.17) is 5.26 Å². The van der Waals surface area contributed by atoms with Crippen LogP contribution >= 0.6 is 0 Å². The Morgan fingerprint density at radius 2 is 1.94 bits per heavy atom. The molecule has 5 nitrogen and oxygen atoms in total. The third-order valence-corrected chi connectivity index (χ3v) is 2.07. The van der Waals surface area contributed by atoms with E-state index in [0.717, 1.165) is 0 Å².